The van der Waals surface area contributed by atoms with Gasteiger partial charge in [0.2, 0.25) is 5.91 Å². The van der Waals surface area contributed by atoms with E-state index in [9.17, 15) is 9.59 Å². The Morgan fingerprint density at radius 1 is 1.00 bits per heavy atom. The molecule has 0 aliphatic carbocycles. The van der Waals surface area contributed by atoms with Crippen LogP contribution in [0, 0.1) is 0 Å². The van der Waals surface area contributed by atoms with Crippen LogP contribution in [-0.4, -0.2) is 33.7 Å². The Bertz CT molecular complexity index is 1540. The molecular weight excluding hydrogens is 474 g/mol. The summed E-state index contributed by atoms with van der Waals surface area (Å²) in [6, 6.07) is 22.9. The van der Waals surface area contributed by atoms with Crippen molar-refractivity contribution >= 4 is 44.2 Å². The lowest BCUT2D eigenvalue weighted by Gasteiger charge is -2.06. The molecule has 9 heteroatoms. The number of amides is 2. The molecule has 2 N–H and O–H groups in total. The molecule has 0 spiro atoms. The molecule has 8 nitrogen and oxygen atoms in total. The molecule has 2 heterocycles. The first-order chi connectivity index (χ1) is 17.5. The van der Waals surface area contributed by atoms with Crippen molar-refractivity contribution in [3.63, 3.8) is 0 Å². The van der Waals surface area contributed by atoms with Crippen LogP contribution in [0.3, 0.4) is 0 Å². The van der Waals surface area contributed by atoms with E-state index in [2.05, 4.69) is 15.6 Å². The van der Waals surface area contributed by atoms with E-state index >= 15 is 0 Å². The average Bonchev–Trinajstić information content (AvgIpc) is 3.47. The van der Waals surface area contributed by atoms with Crippen molar-refractivity contribution in [2.45, 2.75) is 13.5 Å². The van der Waals surface area contributed by atoms with Gasteiger partial charge < -0.3 is 15.4 Å². The van der Waals surface area contributed by atoms with Crippen LogP contribution in [0.25, 0.3) is 21.5 Å². The van der Waals surface area contributed by atoms with Gasteiger partial charge in [-0.1, -0.05) is 41.7 Å². The molecule has 0 saturated heterocycles. The predicted octanol–water partition coefficient (Wildman–Crippen LogP) is 5.43. The number of fused-ring (bicyclic) bond motifs is 1. The summed E-state index contributed by atoms with van der Waals surface area (Å²) >= 11 is 1.35. The van der Waals surface area contributed by atoms with Crippen LogP contribution in [-0.2, 0) is 11.3 Å². The van der Waals surface area contributed by atoms with Crippen molar-refractivity contribution in [2.24, 2.45) is 0 Å². The standard InChI is InChI=1S/C27H23N5O3S/c1-17(33)28-27-30-23-13-10-20(14-24(23)36-27)29-26(34)22-16-32(15-18-6-4-3-5-7-18)31-25(22)19-8-11-21(35-2)12-9-19/h3-14,16H,15H2,1-2H3,(H,29,34)(H,28,30,33). The molecule has 180 valence electrons. The minimum absolute atomic E-state index is 0.179. The van der Waals surface area contributed by atoms with Crippen LogP contribution in [0.1, 0.15) is 22.8 Å². The normalized spacial score (nSPS) is 10.8. The monoisotopic (exact) mass is 497 g/mol. The van der Waals surface area contributed by atoms with Gasteiger partial charge in [0.25, 0.3) is 5.91 Å². The van der Waals surface area contributed by atoms with E-state index in [4.69, 9.17) is 9.84 Å². The highest BCUT2D eigenvalue weighted by Crippen LogP contribution is 2.30. The van der Waals surface area contributed by atoms with Crippen molar-refractivity contribution in [2.75, 3.05) is 17.7 Å². The Kier molecular flexibility index (Phi) is 6.46. The highest BCUT2D eigenvalue weighted by atomic mass is 32.1. The fourth-order valence-electron chi connectivity index (χ4n) is 3.81. The summed E-state index contributed by atoms with van der Waals surface area (Å²) < 4.78 is 7.90. The minimum Gasteiger partial charge on any atom is -0.497 e. The number of thiazole rings is 1. The van der Waals surface area contributed by atoms with E-state index in [0.717, 1.165) is 27.1 Å². The first kappa shape index (κ1) is 23.3. The topological polar surface area (TPSA) is 98.1 Å². The highest BCUT2D eigenvalue weighted by Gasteiger charge is 2.19. The van der Waals surface area contributed by atoms with Crippen LogP contribution in [0.4, 0.5) is 10.8 Å². The maximum Gasteiger partial charge on any atom is 0.259 e. The lowest BCUT2D eigenvalue weighted by atomic mass is 10.1. The van der Waals surface area contributed by atoms with Gasteiger partial charge in [-0.15, -0.1) is 0 Å². The third kappa shape index (κ3) is 5.11. The van der Waals surface area contributed by atoms with Gasteiger partial charge in [0.05, 0.1) is 29.4 Å². The first-order valence-corrected chi connectivity index (χ1v) is 12.1. The zero-order valence-electron chi connectivity index (χ0n) is 19.7. The number of benzene rings is 3. The molecule has 0 radical (unpaired) electrons. The van der Waals surface area contributed by atoms with Crippen LogP contribution in [0.5, 0.6) is 5.75 Å². The van der Waals surface area contributed by atoms with Gasteiger partial charge in [-0.05, 0) is 48.0 Å². The second-order valence-corrected chi connectivity index (χ2v) is 9.17. The van der Waals surface area contributed by atoms with Gasteiger partial charge in [0, 0.05) is 24.4 Å². The van der Waals surface area contributed by atoms with Crippen molar-refractivity contribution in [1.82, 2.24) is 14.8 Å². The van der Waals surface area contributed by atoms with E-state index in [1.807, 2.05) is 66.7 Å². The molecule has 0 atom stereocenters. The summed E-state index contributed by atoms with van der Waals surface area (Å²) in [5.74, 6) is 0.275. The largest absolute Gasteiger partial charge is 0.497 e. The van der Waals surface area contributed by atoms with E-state index in [0.29, 0.717) is 28.6 Å². The Hall–Kier alpha value is -4.50. The zero-order valence-corrected chi connectivity index (χ0v) is 20.5. The third-order valence-corrected chi connectivity index (χ3v) is 6.42. The van der Waals surface area contributed by atoms with Gasteiger partial charge in [0.1, 0.15) is 11.4 Å². The molecule has 36 heavy (non-hydrogen) atoms. The summed E-state index contributed by atoms with van der Waals surface area (Å²) in [5.41, 5.74) is 4.31. The van der Waals surface area contributed by atoms with Gasteiger partial charge in [-0.3, -0.25) is 14.3 Å². The maximum atomic E-state index is 13.4. The van der Waals surface area contributed by atoms with E-state index < -0.39 is 0 Å². The number of hydrogen-bond donors (Lipinski definition) is 2. The number of carbonyl (C=O) groups excluding carboxylic acids is 2. The number of aromatic nitrogens is 3. The third-order valence-electron chi connectivity index (χ3n) is 5.49. The summed E-state index contributed by atoms with van der Waals surface area (Å²) in [5, 5.41) is 10.9. The van der Waals surface area contributed by atoms with Crippen LogP contribution in [0.2, 0.25) is 0 Å². The van der Waals surface area contributed by atoms with Crippen molar-refractivity contribution in [3.05, 3.63) is 90.1 Å². The number of rotatable bonds is 7. The molecule has 2 aromatic heterocycles. The van der Waals surface area contributed by atoms with Crippen LogP contribution < -0.4 is 15.4 Å². The lowest BCUT2D eigenvalue weighted by Crippen LogP contribution is -2.12. The van der Waals surface area contributed by atoms with E-state index in [1.54, 1.807) is 24.1 Å². The SMILES string of the molecule is COc1ccc(-c2nn(Cc3ccccc3)cc2C(=O)Nc2ccc3nc(NC(C)=O)sc3c2)cc1. The summed E-state index contributed by atoms with van der Waals surface area (Å²) in [6.07, 6.45) is 1.77. The quantitative estimate of drug-likeness (QED) is 0.313. The predicted molar refractivity (Wildman–Crippen MR) is 142 cm³/mol. The lowest BCUT2D eigenvalue weighted by molar-refractivity contribution is -0.114. The molecule has 0 aliphatic rings. The van der Waals surface area contributed by atoms with Gasteiger partial charge in [-0.25, -0.2) is 4.98 Å². The Balaban J connectivity index is 1.45. The molecule has 0 fully saturated rings. The molecular formula is C27H23N5O3S. The van der Waals surface area contributed by atoms with E-state index in [1.165, 1.54) is 18.3 Å². The highest BCUT2D eigenvalue weighted by molar-refractivity contribution is 7.22. The fourth-order valence-corrected chi connectivity index (χ4v) is 4.76. The molecule has 0 unspecified atom stereocenters. The molecule has 3 aromatic carbocycles. The molecule has 0 saturated carbocycles. The number of nitrogens with zero attached hydrogens (tertiary/aromatic N) is 3. The Labute approximate surface area is 211 Å². The molecule has 2 amide bonds. The molecule has 0 bridgehead atoms. The molecule has 5 rings (SSSR count). The van der Waals surface area contributed by atoms with Gasteiger partial charge >= 0.3 is 0 Å². The second-order valence-electron chi connectivity index (χ2n) is 8.14. The average molecular weight is 498 g/mol. The summed E-state index contributed by atoms with van der Waals surface area (Å²) in [7, 11) is 1.61. The Morgan fingerprint density at radius 2 is 1.78 bits per heavy atom. The number of anilines is 2. The van der Waals surface area contributed by atoms with Gasteiger partial charge in [0.15, 0.2) is 5.13 Å². The number of methoxy groups -OCH3 is 1. The van der Waals surface area contributed by atoms with E-state index in [-0.39, 0.29) is 11.8 Å². The van der Waals surface area contributed by atoms with Gasteiger partial charge in [-0.2, -0.15) is 5.10 Å². The molecule has 0 aliphatic heterocycles. The number of carbonyl (C=O) groups is 2. The molecule has 5 aromatic rings. The summed E-state index contributed by atoms with van der Waals surface area (Å²) in [6.45, 7) is 1.98. The first-order valence-electron chi connectivity index (χ1n) is 11.2. The van der Waals surface area contributed by atoms with Crippen LogP contribution in [0.15, 0.2) is 79.0 Å². The van der Waals surface area contributed by atoms with Crippen molar-refractivity contribution in [1.29, 1.82) is 0 Å². The Morgan fingerprint density at radius 3 is 2.50 bits per heavy atom. The van der Waals surface area contributed by atoms with Crippen LogP contribution >= 0.6 is 11.3 Å². The second kappa shape index (κ2) is 10.0. The smallest absolute Gasteiger partial charge is 0.259 e. The number of nitrogens with one attached hydrogen (secondary N) is 2. The number of hydrogen-bond acceptors (Lipinski definition) is 6. The maximum absolute atomic E-state index is 13.4. The summed E-state index contributed by atoms with van der Waals surface area (Å²) in [4.78, 5) is 29.2. The van der Waals surface area contributed by atoms with Crippen molar-refractivity contribution < 1.29 is 14.3 Å². The number of ether oxygens (including phenoxy) is 1. The minimum atomic E-state index is -0.272. The van der Waals surface area contributed by atoms with Crippen molar-refractivity contribution in [3.8, 4) is 17.0 Å². The fraction of sp³-hybridized carbons (Fsp3) is 0.111. The zero-order chi connectivity index (χ0) is 25.1.